The number of nitrogens with two attached hydrogens (primary N) is 6. The first-order valence-corrected chi connectivity index (χ1v) is 14.6. The molecule has 6 aromatic rings. The van der Waals surface area contributed by atoms with Crippen LogP contribution in [0.5, 0.6) is 0 Å². The van der Waals surface area contributed by atoms with E-state index in [4.69, 9.17) is 39.1 Å². The molecule has 7 heteroatoms. The predicted molar refractivity (Wildman–Crippen MR) is 186 cm³/mol. The molecule has 6 aromatic carbocycles. The van der Waals surface area contributed by atoms with Gasteiger partial charge in [0.15, 0.2) is 0 Å². The van der Waals surface area contributed by atoms with E-state index in [0.29, 0.717) is 34.1 Å². The Morgan fingerprint density at radius 2 is 0.378 bits per heavy atom. The van der Waals surface area contributed by atoms with Crippen LogP contribution in [0.4, 0.5) is 34.1 Å². The van der Waals surface area contributed by atoms with Crippen LogP contribution in [0.25, 0.3) is 0 Å². The number of benzene rings is 6. The third-order valence-electron chi connectivity index (χ3n) is 8.21. The van der Waals surface area contributed by atoms with Crippen LogP contribution in [0.2, 0.25) is 0 Å². The SMILES string of the molecule is Nc1ccc(C(OC(c2ccc(N)cc2)(c2ccc(N)cc2)c2ccc(N)cc2)(c2ccc(N)cc2)c2ccc(N)cc2)cc1. The maximum atomic E-state index is 7.94. The Hall–Kier alpha value is -5.92. The van der Waals surface area contributed by atoms with Crippen molar-refractivity contribution in [3.8, 4) is 0 Å². The molecular weight excluding hydrogens is 556 g/mol. The molecule has 45 heavy (non-hydrogen) atoms. The highest BCUT2D eigenvalue weighted by Crippen LogP contribution is 2.51. The summed E-state index contributed by atoms with van der Waals surface area (Å²) in [5.41, 5.74) is 43.7. The summed E-state index contributed by atoms with van der Waals surface area (Å²) in [6.45, 7) is 0. The highest BCUT2D eigenvalue weighted by atomic mass is 16.5. The maximum Gasteiger partial charge on any atom is 0.145 e. The van der Waals surface area contributed by atoms with Gasteiger partial charge in [-0.3, -0.25) is 0 Å². The van der Waals surface area contributed by atoms with Crippen molar-refractivity contribution in [2.45, 2.75) is 11.2 Å². The van der Waals surface area contributed by atoms with Crippen molar-refractivity contribution in [3.05, 3.63) is 179 Å². The Bertz CT molecular complexity index is 1520. The molecule has 7 nitrogen and oxygen atoms in total. The summed E-state index contributed by atoms with van der Waals surface area (Å²) in [7, 11) is 0. The molecule has 224 valence electrons. The van der Waals surface area contributed by atoms with Crippen LogP contribution in [-0.2, 0) is 15.9 Å². The molecule has 0 aliphatic heterocycles. The first kappa shape index (κ1) is 29.2. The minimum atomic E-state index is -1.22. The first-order chi connectivity index (χ1) is 21.7. The number of hydrogen-bond acceptors (Lipinski definition) is 7. The summed E-state index contributed by atoms with van der Waals surface area (Å²) in [4.78, 5) is 0. The van der Waals surface area contributed by atoms with Crippen LogP contribution in [0.3, 0.4) is 0 Å². The van der Waals surface area contributed by atoms with E-state index in [2.05, 4.69) is 0 Å². The molecule has 0 unspecified atom stereocenters. The van der Waals surface area contributed by atoms with Crippen molar-refractivity contribution in [2.75, 3.05) is 34.4 Å². The Balaban J connectivity index is 1.78. The smallest absolute Gasteiger partial charge is 0.145 e. The topological polar surface area (TPSA) is 165 Å². The van der Waals surface area contributed by atoms with Crippen LogP contribution in [0.15, 0.2) is 146 Å². The lowest BCUT2D eigenvalue weighted by Crippen LogP contribution is -2.44. The summed E-state index contributed by atoms with van der Waals surface area (Å²) in [6.07, 6.45) is 0. The minimum absolute atomic E-state index is 0.629. The third-order valence-corrected chi connectivity index (χ3v) is 8.21. The molecule has 0 saturated heterocycles. The van der Waals surface area contributed by atoms with Gasteiger partial charge in [-0.1, -0.05) is 72.8 Å². The summed E-state index contributed by atoms with van der Waals surface area (Å²) in [6, 6.07) is 46.3. The molecule has 0 heterocycles. The second kappa shape index (κ2) is 11.6. The fraction of sp³-hybridized carbons (Fsp3) is 0.0526. The third kappa shape index (κ3) is 5.37. The lowest BCUT2D eigenvalue weighted by atomic mass is 9.75. The van der Waals surface area contributed by atoms with Crippen LogP contribution >= 0.6 is 0 Å². The Morgan fingerprint density at radius 1 is 0.244 bits per heavy atom. The monoisotopic (exact) mass is 592 g/mol. The Labute approximate surface area is 263 Å². The van der Waals surface area contributed by atoms with Gasteiger partial charge in [0.25, 0.3) is 0 Å². The van der Waals surface area contributed by atoms with E-state index < -0.39 is 11.2 Å². The molecule has 12 N–H and O–H groups in total. The van der Waals surface area contributed by atoms with Gasteiger partial charge >= 0.3 is 0 Å². The average molecular weight is 593 g/mol. The molecule has 0 spiro atoms. The summed E-state index contributed by atoms with van der Waals surface area (Å²) in [5, 5.41) is 0. The van der Waals surface area contributed by atoms with E-state index in [9.17, 15) is 0 Å². The molecule has 0 atom stereocenters. The highest BCUT2D eigenvalue weighted by molar-refractivity contribution is 5.59. The molecule has 0 saturated carbocycles. The van der Waals surface area contributed by atoms with Gasteiger partial charge in [0.2, 0.25) is 0 Å². The van der Waals surface area contributed by atoms with Crippen molar-refractivity contribution in [1.29, 1.82) is 0 Å². The number of ether oxygens (including phenoxy) is 1. The van der Waals surface area contributed by atoms with Crippen LogP contribution in [-0.4, -0.2) is 0 Å². The van der Waals surface area contributed by atoms with Crippen molar-refractivity contribution in [1.82, 2.24) is 0 Å². The molecule has 0 aromatic heterocycles. The molecule has 0 fully saturated rings. The van der Waals surface area contributed by atoms with Gasteiger partial charge in [-0.05, 0) is 106 Å². The van der Waals surface area contributed by atoms with Gasteiger partial charge in [-0.2, -0.15) is 0 Å². The van der Waals surface area contributed by atoms with Crippen molar-refractivity contribution in [3.63, 3.8) is 0 Å². The number of hydrogen-bond donors (Lipinski definition) is 6. The maximum absolute atomic E-state index is 7.94. The number of anilines is 6. The largest absolute Gasteiger partial charge is 0.399 e. The second-order valence-corrected chi connectivity index (χ2v) is 11.2. The second-order valence-electron chi connectivity index (χ2n) is 11.2. The molecule has 0 amide bonds. The number of rotatable bonds is 8. The minimum Gasteiger partial charge on any atom is -0.399 e. The van der Waals surface area contributed by atoms with Crippen molar-refractivity contribution < 1.29 is 4.74 Å². The average Bonchev–Trinajstić information content (AvgIpc) is 3.05. The molecule has 0 radical (unpaired) electrons. The van der Waals surface area contributed by atoms with Crippen molar-refractivity contribution in [2.24, 2.45) is 0 Å². The van der Waals surface area contributed by atoms with Gasteiger partial charge in [0, 0.05) is 34.1 Å². The Morgan fingerprint density at radius 3 is 0.511 bits per heavy atom. The first-order valence-electron chi connectivity index (χ1n) is 14.6. The fourth-order valence-corrected chi connectivity index (χ4v) is 5.89. The normalized spacial score (nSPS) is 11.7. The molecule has 0 aliphatic carbocycles. The standard InChI is InChI=1S/C38H36N6O/c39-31-13-1-25(2-14-31)37(26-3-15-32(40)16-4-26,27-5-17-33(41)18-6-27)45-38(28-7-19-34(42)20-8-28,29-9-21-35(43)22-10-29)30-11-23-36(44)24-12-30/h1-24H,39-44H2. The summed E-state index contributed by atoms with van der Waals surface area (Å²) < 4.78 is 7.94. The zero-order chi connectivity index (χ0) is 31.6. The van der Waals surface area contributed by atoms with Gasteiger partial charge in [0.05, 0.1) is 0 Å². The van der Waals surface area contributed by atoms with E-state index in [-0.39, 0.29) is 0 Å². The Kier molecular flexibility index (Phi) is 7.54. The zero-order valence-electron chi connectivity index (χ0n) is 24.7. The van der Waals surface area contributed by atoms with Crippen LogP contribution in [0.1, 0.15) is 33.4 Å². The van der Waals surface area contributed by atoms with Crippen LogP contribution < -0.4 is 34.4 Å². The predicted octanol–water partition coefficient (Wildman–Crippen LogP) is 6.48. The fourth-order valence-electron chi connectivity index (χ4n) is 5.89. The van der Waals surface area contributed by atoms with E-state index in [1.165, 1.54) is 0 Å². The van der Waals surface area contributed by atoms with Gasteiger partial charge in [-0.25, -0.2) is 0 Å². The number of nitrogen functional groups attached to an aromatic ring is 6. The molecule has 6 rings (SSSR count). The van der Waals surface area contributed by atoms with E-state index >= 15 is 0 Å². The molecule has 0 aliphatic rings. The van der Waals surface area contributed by atoms with Gasteiger partial charge in [-0.15, -0.1) is 0 Å². The van der Waals surface area contributed by atoms with E-state index in [0.717, 1.165) is 33.4 Å². The van der Waals surface area contributed by atoms with Crippen LogP contribution in [0, 0.1) is 0 Å². The lowest BCUT2D eigenvalue weighted by molar-refractivity contribution is -0.0810. The zero-order valence-corrected chi connectivity index (χ0v) is 24.7. The van der Waals surface area contributed by atoms with Gasteiger partial charge in [0.1, 0.15) is 11.2 Å². The summed E-state index contributed by atoms with van der Waals surface area (Å²) in [5.74, 6) is 0. The molecular formula is C38H36N6O. The van der Waals surface area contributed by atoms with Crippen molar-refractivity contribution >= 4 is 34.1 Å². The lowest BCUT2D eigenvalue weighted by Gasteiger charge is -2.46. The van der Waals surface area contributed by atoms with E-state index in [1.807, 2.05) is 146 Å². The molecule has 0 bridgehead atoms. The van der Waals surface area contributed by atoms with E-state index in [1.54, 1.807) is 0 Å². The summed E-state index contributed by atoms with van der Waals surface area (Å²) >= 11 is 0. The highest BCUT2D eigenvalue weighted by Gasteiger charge is 2.49. The quantitative estimate of drug-likeness (QED) is 0.0869. The van der Waals surface area contributed by atoms with Gasteiger partial charge < -0.3 is 39.1 Å².